The minimum atomic E-state index is 0.359. The lowest BCUT2D eigenvalue weighted by molar-refractivity contribution is 0.171. The Kier molecular flexibility index (Phi) is 3.51. The molecule has 0 spiro atoms. The lowest BCUT2D eigenvalue weighted by Gasteiger charge is -2.33. The Hall–Kier alpha value is -1.26. The molecule has 2 saturated heterocycles. The predicted octanol–water partition coefficient (Wildman–Crippen LogP) is 2.20. The van der Waals surface area contributed by atoms with Crippen molar-refractivity contribution >= 4 is 0 Å². The molecule has 4 nitrogen and oxygen atoms in total. The van der Waals surface area contributed by atoms with Gasteiger partial charge in [-0.05, 0) is 56.5 Å². The highest BCUT2D eigenvalue weighted by atomic mass is 16.6. The summed E-state index contributed by atoms with van der Waals surface area (Å²) in [7, 11) is 0. The van der Waals surface area contributed by atoms with Crippen LogP contribution in [0, 0.1) is 5.92 Å². The summed E-state index contributed by atoms with van der Waals surface area (Å²) in [6.45, 7) is 7.39. The van der Waals surface area contributed by atoms with E-state index in [-0.39, 0.29) is 0 Å². The van der Waals surface area contributed by atoms with Crippen molar-refractivity contribution in [2.45, 2.75) is 31.8 Å². The first-order valence-electron chi connectivity index (χ1n) is 8.17. The van der Waals surface area contributed by atoms with E-state index in [4.69, 9.17) is 9.47 Å². The van der Waals surface area contributed by atoms with Crippen LogP contribution in [0.15, 0.2) is 18.2 Å². The number of benzene rings is 1. The van der Waals surface area contributed by atoms with E-state index in [1.54, 1.807) is 0 Å². The second kappa shape index (κ2) is 5.50. The first kappa shape index (κ1) is 13.4. The molecular formula is C17H24N2O2. The second-order valence-electron chi connectivity index (χ2n) is 6.54. The zero-order valence-corrected chi connectivity index (χ0v) is 12.7. The van der Waals surface area contributed by atoms with Crippen LogP contribution >= 0.6 is 0 Å². The van der Waals surface area contributed by atoms with E-state index in [1.165, 1.54) is 38.0 Å². The third-order valence-electron chi connectivity index (χ3n) is 5.16. The van der Waals surface area contributed by atoms with Crippen molar-refractivity contribution in [3.63, 3.8) is 0 Å². The Morgan fingerprint density at radius 3 is 2.86 bits per heavy atom. The van der Waals surface area contributed by atoms with Gasteiger partial charge in [0, 0.05) is 18.6 Å². The molecule has 1 N–H and O–H groups in total. The monoisotopic (exact) mass is 288 g/mol. The average molecular weight is 288 g/mol. The summed E-state index contributed by atoms with van der Waals surface area (Å²) in [5.74, 6) is 2.60. The predicted molar refractivity (Wildman–Crippen MR) is 81.9 cm³/mol. The second-order valence-corrected chi connectivity index (χ2v) is 6.54. The van der Waals surface area contributed by atoms with Crippen molar-refractivity contribution in [2.75, 3.05) is 32.8 Å². The van der Waals surface area contributed by atoms with Gasteiger partial charge in [0.05, 0.1) is 0 Å². The largest absolute Gasteiger partial charge is 0.486 e. The molecular weight excluding hydrogens is 264 g/mol. The van der Waals surface area contributed by atoms with Gasteiger partial charge in [-0.1, -0.05) is 6.07 Å². The van der Waals surface area contributed by atoms with Crippen molar-refractivity contribution in [3.8, 4) is 11.5 Å². The maximum absolute atomic E-state index is 5.69. The van der Waals surface area contributed by atoms with Crippen molar-refractivity contribution in [1.82, 2.24) is 10.2 Å². The zero-order valence-electron chi connectivity index (χ0n) is 12.7. The van der Waals surface area contributed by atoms with Crippen LogP contribution in [0.25, 0.3) is 0 Å². The Balaban J connectivity index is 1.45. The molecule has 114 valence electrons. The lowest BCUT2D eigenvalue weighted by atomic mass is 9.92. The molecule has 4 unspecified atom stereocenters. The molecule has 1 aromatic carbocycles. The summed E-state index contributed by atoms with van der Waals surface area (Å²) in [5, 5.41) is 3.85. The molecule has 3 aliphatic rings. The summed E-state index contributed by atoms with van der Waals surface area (Å²) in [4.78, 5) is 2.59. The molecule has 3 aliphatic heterocycles. The Bertz CT molecular complexity index is 520. The minimum Gasteiger partial charge on any atom is -0.486 e. The topological polar surface area (TPSA) is 33.7 Å². The third-order valence-corrected chi connectivity index (χ3v) is 5.16. The van der Waals surface area contributed by atoms with Crippen molar-refractivity contribution < 1.29 is 9.47 Å². The maximum atomic E-state index is 5.69. The molecule has 1 aromatic rings. The number of hydrogen-bond acceptors (Lipinski definition) is 4. The molecule has 0 aromatic heterocycles. The van der Waals surface area contributed by atoms with Gasteiger partial charge in [0.1, 0.15) is 13.2 Å². The van der Waals surface area contributed by atoms with Gasteiger partial charge in [-0.15, -0.1) is 0 Å². The number of piperidine rings is 1. The van der Waals surface area contributed by atoms with E-state index < -0.39 is 0 Å². The molecule has 4 rings (SSSR count). The highest BCUT2D eigenvalue weighted by molar-refractivity contribution is 5.44. The van der Waals surface area contributed by atoms with Gasteiger partial charge in [-0.3, -0.25) is 0 Å². The molecule has 0 amide bonds. The van der Waals surface area contributed by atoms with E-state index in [0.29, 0.717) is 25.3 Å². The summed E-state index contributed by atoms with van der Waals surface area (Å²) in [6.07, 6.45) is 2.63. The van der Waals surface area contributed by atoms with E-state index in [0.717, 1.165) is 17.4 Å². The SMILES string of the molecule is CC(NC1CCN2CCC1C2)c1ccc2c(c1)OCCO2. The number of nitrogens with zero attached hydrogens (tertiary/aromatic N) is 1. The molecule has 3 heterocycles. The van der Waals surface area contributed by atoms with Gasteiger partial charge >= 0.3 is 0 Å². The van der Waals surface area contributed by atoms with Crippen LogP contribution in [0.2, 0.25) is 0 Å². The van der Waals surface area contributed by atoms with Gasteiger partial charge in [-0.25, -0.2) is 0 Å². The summed E-state index contributed by atoms with van der Waals surface area (Å²) in [5.41, 5.74) is 1.29. The van der Waals surface area contributed by atoms with E-state index in [2.05, 4.69) is 29.3 Å². The number of fused-ring (bicyclic) bond motifs is 3. The van der Waals surface area contributed by atoms with Crippen LogP contribution in [-0.4, -0.2) is 43.8 Å². The Morgan fingerprint density at radius 2 is 1.95 bits per heavy atom. The molecule has 0 aliphatic carbocycles. The van der Waals surface area contributed by atoms with Crippen LogP contribution in [0.5, 0.6) is 11.5 Å². The standard InChI is InChI=1S/C17H24N2O2/c1-12(18-15-5-7-19-6-4-14(15)11-19)13-2-3-16-17(10-13)21-9-8-20-16/h2-3,10,12,14-15,18H,4-9,11H2,1H3. The summed E-state index contributed by atoms with van der Waals surface area (Å²) in [6, 6.07) is 7.36. The molecule has 4 atom stereocenters. The summed E-state index contributed by atoms with van der Waals surface area (Å²) < 4.78 is 11.3. The van der Waals surface area contributed by atoms with Crippen LogP contribution < -0.4 is 14.8 Å². The lowest BCUT2D eigenvalue weighted by Crippen LogP contribution is -2.44. The highest BCUT2D eigenvalue weighted by Gasteiger charge is 2.34. The van der Waals surface area contributed by atoms with Crippen molar-refractivity contribution in [3.05, 3.63) is 23.8 Å². The van der Waals surface area contributed by atoms with Crippen LogP contribution in [-0.2, 0) is 0 Å². The van der Waals surface area contributed by atoms with Crippen molar-refractivity contribution in [1.29, 1.82) is 0 Å². The quantitative estimate of drug-likeness (QED) is 0.924. The van der Waals surface area contributed by atoms with Gasteiger partial charge in [0.2, 0.25) is 0 Å². The normalized spacial score (nSPS) is 32.0. The fourth-order valence-corrected chi connectivity index (χ4v) is 3.92. The zero-order chi connectivity index (χ0) is 14.2. The molecule has 2 bridgehead atoms. The van der Waals surface area contributed by atoms with Gasteiger partial charge in [0.25, 0.3) is 0 Å². The number of nitrogens with one attached hydrogen (secondary N) is 1. The van der Waals surface area contributed by atoms with Crippen LogP contribution in [0.4, 0.5) is 0 Å². The number of ether oxygens (including phenoxy) is 2. The Labute approximate surface area is 126 Å². The van der Waals surface area contributed by atoms with Gasteiger partial charge in [0.15, 0.2) is 11.5 Å². The number of hydrogen-bond donors (Lipinski definition) is 1. The molecule has 4 heteroatoms. The molecule has 0 saturated carbocycles. The Morgan fingerprint density at radius 1 is 1.14 bits per heavy atom. The fraction of sp³-hybridized carbons (Fsp3) is 0.647. The summed E-state index contributed by atoms with van der Waals surface area (Å²) >= 11 is 0. The highest BCUT2D eigenvalue weighted by Crippen LogP contribution is 2.34. The maximum Gasteiger partial charge on any atom is 0.161 e. The van der Waals surface area contributed by atoms with Crippen LogP contribution in [0.1, 0.15) is 31.4 Å². The van der Waals surface area contributed by atoms with Gasteiger partial charge in [-0.2, -0.15) is 0 Å². The van der Waals surface area contributed by atoms with E-state index >= 15 is 0 Å². The smallest absolute Gasteiger partial charge is 0.161 e. The first-order valence-corrected chi connectivity index (χ1v) is 8.17. The van der Waals surface area contributed by atoms with E-state index in [9.17, 15) is 0 Å². The van der Waals surface area contributed by atoms with Crippen molar-refractivity contribution in [2.24, 2.45) is 5.92 Å². The number of rotatable bonds is 3. The molecule has 2 fully saturated rings. The average Bonchev–Trinajstić information content (AvgIpc) is 2.92. The molecule has 0 radical (unpaired) electrons. The van der Waals surface area contributed by atoms with Gasteiger partial charge < -0.3 is 19.7 Å². The first-order chi connectivity index (χ1) is 10.3. The third kappa shape index (κ3) is 2.62. The minimum absolute atomic E-state index is 0.359. The fourth-order valence-electron chi connectivity index (χ4n) is 3.92. The molecule has 21 heavy (non-hydrogen) atoms. The van der Waals surface area contributed by atoms with Crippen LogP contribution in [0.3, 0.4) is 0 Å². The van der Waals surface area contributed by atoms with E-state index in [1.807, 2.05) is 6.07 Å².